The summed E-state index contributed by atoms with van der Waals surface area (Å²) in [7, 11) is -0.582. The molecule has 0 aromatic rings. The Morgan fingerprint density at radius 1 is 1.67 bits per heavy atom. The molecular weight excluding hydrogens is 134 g/mol. The third-order valence-corrected chi connectivity index (χ3v) is 2.49. The van der Waals surface area contributed by atoms with E-state index in [1.807, 2.05) is 0 Å². The van der Waals surface area contributed by atoms with Crippen LogP contribution in [0.5, 0.6) is 0 Å². The molecule has 0 spiro atoms. The second-order valence-electron chi connectivity index (χ2n) is 2.59. The molecule has 0 radical (unpaired) electrons. The molecule has 1 atom stereocenters. The van der Waals surface area contributed by atoms with E-state index in [9.17, 15) is 4.21 Å². The van der Waals surface area contributed by atoms with Gasteiger partial charge in [0.05, 0.1) is 0 Å². The highest BCUT2D eigenvalue weighted by molar-refractivity contribution is 7.84. The molecule has 1 N–H and O–H groups in total. The summed E-state index contributed by atoms with van der Waals surface area (Å²) >= 11 is 0. The molecule has 1 rings (SSSR count). The number of hydrogen-bond donors (Lipinski definition) is 1. The summed E-state index contributed by atoms with van der Waals surface area (Å²) in [6.45, 7) is 2.27. The summed E-state index contributed by atoms with van der Waals surface area (Å²) in [6, 6.07) is 0. The molecule has 54 valence electrons. The van der Waals surface area contributed by atoms with Crippen LogP contribution in [0.3, 0.4) is 0 Å². The minimum absolute atomic E-state index is 0.582. The maximum Gasteiger partial charge on any atom is 0.0235 e. The average molecular weight is 147 g/mol. The predicted octanol–water partition coefficient (Wildman–Crippen LogP) is -0.0256. The van der Waals surface area contributed by atoms with Crippen LogP contribution in [0, 0.1) is 5.92 Å². The molecule has 0 bridgehead atoms. The van der Waals surface area contributed by atoms with Gasteiger partial charge in [-0.2, -0.15) is 0 Å². The first-order chi connectivity index (χ1) is 4.29. The molecule has 1 saturated heterocycles. The number of rotatable bonds is 3. The molecule has 9 heavy (non-hydrogen) atoms. The Morgan fingerprint density at radius 2 is 2.33 bits per heavy atom. The highest BCUT2D eigenvalue weighted by atomic mass is 32.2. The van der Waals surface area contributed by atoms with Crippen molar-refractivity contribution < 1.29 is 4.21 Å². The Morgan fingerprint density at radius 3 is 2.67 bits per heavy atom. The van der Waals surface area contributed by atoms with Crippen LogP contribution in [0.4, 0.5) is 0 Å². The van der Waals surface area contributed by atoms with Crippen LogP contribution in [-0.2, 0) is 10.8 Å². The van der Waals surface area contributed by atoms with Crippen LogP contribution in [0.2, 0.25) is 0 Å². The Kier molecular flexibility index (Phi) is 2.66. The first-order valence-electron chi connectivity index (χ1n) is 3.30. The smallest absolute Gasteiger partial charge is 0.0235 e. The molecule has 2 nitrogen and oxygen atoms in total. The Labute approximate surface area is 58.5 Å². The highest BCUT2D eigenvalue weighted by Gasteiger charge is 2.15. The van der Waals surface area contributed by atoms with E-state index in [0.717, 1.165) is 31.2 Å². The van der Waals surface area contributed by atoms with Gasteiger partial charge in [-0.25, -0.2) is 0 Å². The monoisotopic (exact) mass is 147 g/mol. The van der Waals surface area contributed by atoms with Crippen molar-refractivity contribution in [1.29, 1.82) is 0 Å². The SMILES string of the molecule is CS(=O)CCC1CNC1. The van der Waals surface area contributed by atoms with Gasteiger partial charge in [-0.05, 0) is 25.4 Å². The summed E-state index contributed by atoms with van der Waals surface area (Å²) in [5, 5.41) is 3.19. The second-order valence-corrected chi connectivity index (χ2v) is 4.14. The molecule has 3 heteroatoms. The standard InChI is InChI=1S/C6H13NOS/c1-9(8)3-2-6-4-7-5-6/h6-7H,2-5H2,1H3. The van der Waals surface area contributed by atoms with E-state index in [-0.39, 0.29) is 0 Å². The van der Waals surface area contributed by atoms with E-state index in [1.165, 1.54) is 0 Å². The van der Waals surface area contributed by atoms with Gasteiger partial charge < -0.3 is 5.32 Å². The van der Waals surface area contributed by atoms with Gasteiger partial charge in [-0.15, -0.1) is 0 Å². The van der Waals surface area contributed by atoms with Gasteiger partial charge in [-0.3, -0.25) is 4.21 Å². The maximum atomic E-state index is 10.6. The van der Waals surface area contributed by atoms with Gasteiger partial charge in [0.15, 0.2) is 0 Å². The van der Waals surface area contributed by atoms with Gasteiger partial charge in [0.2, 0.25) is 0 Å². The van der Waals surface area contributed by atoms with Crippen molar-refractivity contribution in [2.24, 2.45) is 5.92 Å². The van der Waals surface area contributed by atoms with Crippen molar-refractivity contribution >= 4 is 10.8 Å². The van der Waals surface area contributed by atoms with Crippen molar-refractivity contribution in [3.63, 3.8) is 0 Å². The normalized spacial score (nSPS) is 23.2. The lowest BCUT2D eigenvalue weighted by atomic mass is 10.0. The molecule has 0 aromatic heterocycles. The van der Waals surface area contributed by atoms with Crippen molar-refractivity contribution in [1.82, 2.24) is 5.32 Å². The van der Waals surface area contributed by atoms with Crippen molar-refractivity contribution in [3.8, 4) is 0 Å². The molecular formula is C6H13NOS. The van der Waals surface area contributed by atoms with Gasteiger partial charge in [0.1, 0.15) is 0 Å². The van der Waals surface area contributed by atoms with E-state index in [2.05, 4.69) is 5.32 Å². The zero-order valence-electron chi connectivity index (χ0n) is 5.72. The summed E-state index contributed by atoms with van der Waals surface area (Å²) in [5.74, 6) is 1.70. The van der Waals surface area contributed by atoms with Crippen LogP contribution >= 0.6 is 0 Å². The molecule has 0 aliphatic carbocycles. The van der Waals surface area contributed by atoms with E-state index in [4.69, 9.17) is 0 Å². The Hall–Kier alpha value is 0.110. The number of nitrogens with one attached hydrogen (secondary N) is 1. The third-order valence-electron chi connectivity index (χ3n) is 1.68. The summed E-state index contributed by atoms with van der Waals surface area (Å²) in [4.78, 5) is 0. The van der Waals surface area contributed by atoms with Gasteiger partial charge in [0.25, 0.3) is 0 Å². The van der Waals surface area contributed by atoms with Gasteiger partial charge >= 0.3 is 0 Å². The molecule has 0 amide bonds. The first kappa shape index (κ1) is 7.22. The molecule has 0 aromatic carbocycles. The van der Waals surface area contributed by atoms with Crippen molar-refractivity contribution in [3.05, 3.63) is 0 Å². The Balaban J connectivity index is 1.97. The van der Waals surface area contributed by atoms with E-state index in [0.29, 0.717) is 0 Å². The lowest BCUT2D eigenvalue weighted by Crippen LogP contribution is -2.42. The van der Waals surface area contributed by atoms with Gasteiger partial charge in [0, 0.05) is 22.8 Å². The molecule has 1 aliphatic heterocycles. The van der Waals surface area contributed by atoms with E-state index >= 15 is 0 Å². The molecule has 1 aliphatic rings. The van der Waals surface area contributed by atoms with Crippen molar-refractivity contribution in [2.45, 2.75) is 6.42 Å². The molecule has 1 unspecified atom stereocenters. The van der Waals surface area contributed by atoms with Crippen LogP contribution < -0.4 is 5.32 Å². The maximum absolute atomic E-state index is 10.6. The largest absolute Gasteiger partial charge is 0.316 e. The van der Waals surface area contributed by atoms with E-state index in [1.54, 1.807) is 6.26 Å². The van der Waals surface area contributed by atoms with Crippen molar-refractivity contribution in [2.75, 3.05) is 25.1 Å². The fraction of sp³-hybridized carbons (Fsp3) is 1.00. The first-order valence-corrected chi connectivity index (χ1v) is 5.02. The van der Waals surface area contributed by atoms with Crippen LogP contribution in [0.15, 0.2) is 0 Å². The summed E-state index contributed by atoms with van der Waals surface area (Å²) in [6.07, 6.45) is 2.90. The lowest BCUT2D eigenvalue weighted by Gasteiger charge is -2.26. The third kappa shape index (κ3) is 2.45. The number of hydrogen-bond acceptors (Lipinski definition) is 2. The zero-order valence-corrected chi connectivity index (χ0v) is 6.54. The summed E-state index contributed by atoms with van der Waals surface area (Å²) in [5.41, 5.74) is 0. The minimum Gasteiger partial charge on any atom is -0.316 e. The fourth-order valence-electron chi connectivity index (χ4n) is 0.885. The summed E-state index contributed by atoms with van der Waals surface area (Å²) < 4.78 is 10.6. The quantitative estimate of drug-likeness (QED) is 0.607. The zero-order chi connectivity index (χ0) is 6.69. The average Bonchev–Trinajstić information content (AvgIpc) is 1.60. The molecule has 0 saturated carbocycles. The Bertz CT molecular complexity index is 112. The topological polar surface area (TPSA) is 29.1 Å². The van der Waals surface area contributed by atoms with E-state index < -0.39 is 10.8 Å². The highest BCUT2D eigenvalue weighted by Crippen LogP contribution is 2.07. The van der Waals surface area contributed by atoms with Gasteiger partial charge in [-0.1, -0.05) is 0 Å². The van der Waals surface area contributed by atoms with Crippen LogP contribution in [-0.4, -0.2) is 29.3 Å². The molecule has 1 heterocycles. The second kappa shape index (κ2) is 3.32. The minimum atomic E-state index is -0.582. The van der Waals surface area contributed by atoms with Crippen LogP contribution in [0.25, 0.3) is 0 Å². The fourth-order valence-corrected chi connectivity index (χ4v) is 1.55. The van der Waals surface area contributed by atoms with Crippen LogP contribution in [0.1, 0.15) is 6.42 Å². The molecule has 1 fully saturated rings. The lowest BCUT2D eigenvalue weighted by molar-refractivity contribution is 0.340. The predicted molar refractivity (Wildman–Crippen MR) is 39.9 cm³/mol.